The lowest BCUT2D eigenvalue weighted by atomic mass is 10.0. The molecule has 25 heavy (non-hydrogen) atoms. The van der Waals surface area contributed by atoms with Gasteiger partial charge in [-0.05, 0) is 29.2 Å². The zero-order chi connectivity index (χ0) is 17.8. The fourth-order valence-corrected chi connectivity index (χ4v) is 3.36. The van der Waals surface area contributed by atoms with E-state index < -0.39 is 0 Å². The Kier molecular flexibility index (Phi) is 5.66. The zero-order valence-electron chi connectivity index (χ0n) is 14.9. The second-order valence-corrected chi connectivity index (χ2v) is 7.29. The van der Waals surface area contributed by atoms with E-state index in [4.69, 9.17) is 12.2 Å². The van der Waals surface area contributed by atoms with Crippen LogP contribution in [0.15, 0.2) is 42.6 Å². The second kappa shape index (κ2) is 7.93. The number of rotatable bonds is 4. The van der Waals surface area contributed by atoms with Crippen molar-refractivity contribution >= 4 is 18.1 Å². The number of pyridine rings is 1. The van der Waals surface area contributed by atoms with E-state index in [1.807, 2.05) is 11.0 Å². The average molecular weight is 356 g/mol. The molecular weight excluding hydrogens is 330 g/mol. The number of hydrogen-bond donors (Lipinski definition) is 1. The molecule has 3 rings (SSSR count). The first-order valence-electron chi connectivity index (χ1n) is 8.83. The predicted octanol–water partition coefficient (Wildman–Crippen LogP) is 3.83. The fourth-order valence-electron chi connectivity index (χ4n) is 3.14. The van der Waals surface area contributed by atoms with E-state index in [0.29, 0.717) is 16.1 Å². The van der Waals surface area contributed by atoms with Crippen LogP contribution in [0.3, 0.4) is 0 Å². The molecule has 1 aromatic heterocycles. The highest BCUT2D eigenvalue weighted by molar-refractivity contribution is 7.71. The molecular formula is C20H25N3OS. The van der Waals surface area contributed by atoms with Gasteiger partial charge in [-0.3, -0.25) is 9.69 Å². The van der Waals surface area contributed by atoms with Crippen molar-refractivity contribution in [1.29, 1.82) is 0 Å². The molecule has 0 radical (unpaired) electrons. The predicted molar refractivity (Wildman–Crippen MR) is 103 cm³/mol. The van der Waals surface area contributed by atoms with E-state index >= 15 is 0 Å². The van der Waals surface area contributed by atoms with E-state index in [0.717, 1.165) is 32.7 Å². The Morgan fingerprint density at radius 2 is 1.80 bits per heavy atom. The number of aromatic nitrogens is 1. The number of amides is 1. The molecule has 132 valence electrons. The second-order valence-electron chi connectivity index (χ2n) is 6.88. The summed E-state index contributed by atoms with van der Waals surface area (Å²) in [4.78, 5) is 19.8. The van der Waals surface area contributed by atoms with E-state index in [1.54, 1.807) is 12.3 Å². The SMILES string of the molecule is CC(C)c1ccc(CN2CCN(C(=O)c3ccc[nH]c3=S)CC2)cc1. The number of carbonyl (C=O) groups is 1. The third-order valence-corrected chi connectivity index (χ3v) is 5.10. The maximum Gasteiger partial charge on any atom is 0.256 e. The molecule has 1 saturated heterocycles. The number of nitrogens with zero attached hydrogens (tertiary/aromatic N) is 2. The van der Waals surface area contributed by atoms with Gasteiger partial charge in [0.15, 0.2) is 0 Å². The van der Waals surface area contributed by atoms with Gasteiger partial charge in [0.1, 0.15) is 4.64 Å². The first kappa shape index (κ1) is 17.8. The Morgan fingerprint density at radius 3 is 2.40 bits per heavy atom. The van der Waals surface area contributed by atoms with Crippen molar-refractivity contribution in [3.63, 3.8) is 0 Å². The van der Waals surface area contributed by atoms with E-state index in [9.17, 15) is 4.79 Å². The number of piperazine rings is 1. The number of hydrogen-bond acceptors (Lipinski definition) is 3. The Balaban J connectivity index is 1.56. The summed E-state index contributed by atoms with van der Waals surface area (Å²) in [6.45, 7) is 8.63. The summed E-state index contributed by atoms with van der Waals surface area (Å²) in [5.41, 5.74) is 3.29. The molecule has 0 saturated carbocycles. The summed E-state index contributed by atoms with van der Waals surface area (Å²) in [6.07, 6.45) is 1.75. The monoisotopic (exact) mass is 355 g/mol. The Morgan fingerprint density at radius 1 is 1.12 bits per heavy atom. The van der Waals surface area contributed by atoms with E-state index in [1.165, 1.54) is 11.1 Å². The van der Waals surface area contributed by atoms with Gasteiger partial charge in [-0.2, -0.15) is 0 Å². The van der Waals surface area contributed by atoms with Gasteiger partial charge >= 0.3 is 0 Å². The molecule has 2 aromatic rings. The maximum atomic E-state index is 12.6. The van der Waals surface area contributed by atoms with Gasteiger partial charge in [0.05, 0.1) is 5.56 Å². The van der Waals surface area contributed by atoms with E-state index in [2.05, 4.69) is 48.0 Å². The third kappa shape index (κ3) is 4.35. The van der Waals surface area contributed by atoms with E-state index in [-0.39, 0.29) is 5.91 Å². The highest BCUT2D eigenvalue weighted by Gasteiger charge is 2.22. The summed E-state index contributed by atoms with van der Waals surface area (Å²) < 4.78 is 0.514. The zero-order valence-corrected chi connectivity index (χ0v) is 15.7. The third-order valence-electron chi connectivity index (χ3n) is 4.76. The van der Waals surface area contributed by atoms with Gasteiger partial charge in [-0.25, -0.2) is 0 Å². The van der Waals surface area contributed by atoms with Crippen LogP contribution >= 0.6 is 12.2 Å². The Labute approximate surface area is 154 Å². The first-order valence-corrected chi connectivity index (χ1v) is 9.23. The lowest BCUT2D eigenvalue weighted by Crippen LogP contribution is -2.48. The van der Waals surface area contributed by atoms with Crippen LogP contribution in [0.1, 0.15) is 41.3 Å². The van der Waals surface area contributed by atoms with Gasteiger partial charge in [0.2, 0.25) is 0 Å². The Bertz CT molecular complexity index is 774. The molecule has 1 aliphatic rings. The van der Waals surface area contributed by atoms with Crippen molar-refractivity contribution in [3.05, 3.63) is 63.9 Å². The minimum Gasteiger partial charge on any atom is -0.352 e. The molecule has 4 nitrogen and oxygen atoms in total. The van der Waals surface area contributed by atoms with Gasteiger partial charge in [-0.15, -0.1) is 0 Å². The van der Waals surface area contributed by atoms with Crippen molar-refractivity contribution in [2.75, 3.05) is 26.2 Å². The van der Waals surface area contributed by atoms with Crippen LogP contribution < -0.4 is 0 Å². The molecule has 1 amide bonds. The summed E-state index contributed by atoms with van der Waals surface area (Å²) in [5, 5.41) is 0. The Hall–Kier alpha value is -1.98. The molecule has 0 spiro atoms. The minimum absolute atomic E-state index is 0.0304. The molecule has 1 aromatic carbocycles. The molecule has 1 fully saturated rings. The van der Waals surface area contributed by atoms with Crippen LogP contribution in [-0.2, 0) is 6.54 Å². The molecule has 0 unspecified atom stereocenters. The molecule has 0 bridgehead atoms. The molecule has 1 N–H and O–H groups in total. The van der Waals surface area contributed by atoms with Crippen LogP contribution in [0, 0.1) is 4.64 Å². The summed E-state index contributed by atoms with van der Waals surface area (Å²) >= 11 is 5.22. The first-order chi connectivity index (χ1) is 12.0. The molecule has 1 aliphatic heterocycles. The largest absolute Gasteiger partial charge is 0.352 e. The highest BCUT2D eigenvalue weighted by atomic mass is 32.1. The van der Waals surface area contributed by atoms with Gasteiger partial charge in [0, 0.05) is 38.9 Å². The lowest BCUT2D eigenvalue weighted by molar-refractivity contribution is 0.0627. The molecule has 2 heterocycles. The molecule has 0 atom stereocenters. The number of H-pyrrole nitrogens is 1. The quantitative estimate of drug-likeness (QED) is 0.848. The molecule has 0 aliphatic carbocycles. The summed E-state index contributed by atoms with van der Waals surface area (Å²) in [7, 11) is 0. The standard InChI is InChI=1S/C20H25N3OS/c1-15(2)17-7-5-16(6-8-17)14-22-10-12-23(13-11-22)20(24)18-4-3-9-21-19(18)25/h3-9,15H,10-14H2,1-2H3,(H,21,25). The molecule has 5 heteroatoms. The van der Waals surface area contributed by atoms with Crippen molar-refractivity contribution < 1.29 is 4.79 Å². The van der Waals surface area contributed by atoms with Crippen molar-refractivity contribution in [2.45, 2.75) is 26.3 Å². The summed E-state index contributed by atoms with van der Waals surface area (Å²) in [6, 6.07) is 12.5. The van der Waals surface area contributed by atoms with Crippen LogP contribution in [0.5, 0.6) is 0 Å². The van der Waals surface area contributed by atoms with Crippen LogP contribution in [0.2, 0.25) is 0 Å². The van der Waals surface area contributed by atoms with Crippen LogP contribution in [0.4, 0.5) is 0 Å². The topological polar surface area (TPSA) is 39.3 Å². The number of aromatic amines is 1. The average Bonchev–Trinajstić information content (AvgIpc) is 2.63. The van der Waals surface area contributed by atoms with Crippen LogP contribution in [-0.4, -0.2) is 46.9 Å². The minimum atomic E-state index is 0.0304. The normalized spacial score (nSPS) is 15.6. The fraction of sp³-hybridized carbons (Fsp3) is 0.400. The number of benzene rings is 1. The number of nitrogens with one attached hydrogen (secondary N) is 1. The number of carbonyl (C=O) groups excluding carboxylic acids is 1. The maximum absolute atomic E-state index is 12.6. The van der Waals surface area contributed by atoms with Gasteiger partial charge < -0.3 is 9.88 Å². The van der Waals surface area contributed by atoms with Crippen molar-refractivity contribution in [2.24, 2.45) is 0 Å². The summed E-state index contributed by atoms with van der Waals surface area (Å²) in [5.74, 6) is 0.593. The highest BCUT2D eigenvalue weighted by Crippen LogP contribution is 2.17. The van der Waals surface area contributed by atoms with Crippen molar-refractivity contribution in [1.82, 2.24) is 14.8 Å². The van der Waals surface area contributed by atoms with Gasteiger partial charge in [-0.1, -0.05) is 50.3 Å². The lowest BCUT2D eigenvalue weighted by Gasteiger charge is -2.34. The van der Waals surface area contributed by atoms with Crippen LogP contribution in [0.25, 0.3) is 0 Å². The van der Waals surface area contributed by atoms with Crippen molar-refractivity contribution in [3.8, 4) is 0 Å². The smallest absolute Gasteiger partial charge is 0.256 e. The van der Waals surface area contributed by atoms with Gasteiger partial charge in [0.25, 0.3) is 5.91 Å².